The van der Waals surface area contributed by atoms with Gasteiger partial charge in [0.1, 0.15) is 0 Å². The van der Waals surface area contributed by atoms with E-state index in [1.165, 1.54) is 21.8 Å². The van der Waals surface area contributed by atoms with Crippen LogP contribution in [0, 0.1) is 6.92 Å². The van der Waals surface area contributed by atoms with Gasteiger partial charge in [-0.15, -0.1) is 36.2 Å². The number of aryl methyl sites for hydroxylation is 2. The van der Waals surface area contributed by atoms with Crippen molar-refractivity contribution in [3.63, 3.8) is 0 Å². The van der Waals surface area contributed by atoms with Crippen LogP contribution in [0.3, 0.4) is 0 Å². The number of hydrogen-bond donors (Lipinski definition) is 2. The molecule has 2 atom stereocenters. The number of anilines is 1. The van der Waals surface area contributed by atoms with Gasteiger partial charge in [0.25, 0.3) is 5.91 Å². The Kier molecular flexibility index (Phi) is 5.81. The van der Waals surface area contributed by atoms with Crippen molar-refractivity contribution in [3.8, 4) is 0 Å². The Morgan fingerprint density at radius 1 is 1.52 bits per heavy atom. The Bertz CT molecular complexity index is 640. The number of nitrogens with zero attached hydrogens (tertiary/aromatic N) is 2. The van der Waals surface area contributed by atoms with E-state index in [4.69, 9.17) is 5.73 Å². The molecule has 8 heteroatoms. The number of nitrogens with two attached hydrogens (primary N) is 1. The Morgan fingerprint density at radius 2 is 2.19 bits per heavy atom. The van der Waals surface area contributed by atoms with E-state index < -0.39 is 0 Å². The van der Waals surface area contributed by atoms with Crippen molar-refractivity contribution >= 4 is 47.7 Å². The van der Waals surface area contributed by atoms with Gasteiger partial charge in [-0.25, -0.2) is 0 Å². The number of hydrogen-bond acceptors (Lipinski definition) is 4. The van der Waals surface area contributed by atoms with Gasteiger partial charge in [0.05, 0.1) is 16.8 Å². The molecule has 0 aliphatic heterocycles. The number of rotatable bonds is 3. The van der Waals surface area contributed by atoms with Gasteiger partial charge in [0.2, 0.25) is 0 Å². The molecule has 3 rings (SSSR count). The highest BCUT2D eigenvalue weighted by atomic mass is 35.5. The number of amides is 1. The zero-order valence-corrected chi connectivity index (χ0v) is 14.1. The van der Waals surface area contributed by atoms with E-state index in [0.717, 1.165) is 11.3 Å². The summed E-state index contributed by atoms with van der Waals surface area (Å²) in [6, 6.07) is 2.24. The summed E-state index contributed by atoms with van der Waals surface area (Å²) in [6.45, 7) is 2.05. The predicted octanol–water partition coefficient (Wildman–Crippen LogP) is 2.70. The molecule has 2 aromatic heterocycles. The molecular weight excluding hydrogens is 331 g/mol. The van der Waals surface area contributed by atoms with E-state index in [1.54, 1.807) is 17.1 Å². The summed E-state index contributed by atoms with van der Waals surface area (Å²) in [5, 5.41) is 6.87. The SMILES string of the molecule is Cc1sc(C(=O)Nc2cnn(C)c2)cc1[C@@H]1C[C@H]1N.Cl.Cl. The lowest BCUT2D eigenvalue weighted by Gasteiger charge is -1.98. The monoisotopic (exact) mass is 348 g/mol. The summed E-state index contributed by atoms with van der Waals surface area (Å²) in [5.74, 6) is 0.359. The lowest BCUT2D eigenvalue weighted by atomic mass is 10.1. The van der Waals surface area contributed by atoms with Gasteiger partial charge in [-0.1, -0.05) is 0 Å². The summed E-state index contributed by atoms with van der Waals surface area (Å²) in [7, 11) is 1.82. The third-order valence-corrected chi connectivity index (χ3v) is 4.45. The average molecular weight is 349 g/mol. The zero-order valence-electron chi connectivity index (χ0n) is 11.7. The van der Waals surface area contributed by atoms with Gasteiger partial charge in [0.15, 0.2) is 0 Å². The highest BCUT2D eigenvalue weighted by Crippen LogP contribution is 2.43. The third kappa shape index (κ3) is 3.77. The first-order valence-electron chi connectivity index (χ1n) is 6.20. The normalized spacial score (nSPS) is 19.4. The lowest BCUT2D eigenvalue weighted by Crippen LogP contribution is -2.09. The van der Waals surface area contributed by atoms with E-state index in [0.29, 0.717) is 11.6 Å². The molecule has 0 bridgehead atoms. The molecule has 0 unspecified atom stereocenters. The van der Waals surface area contributed by atoms with E-state index in [2.05, 4.69) is 10.4 Å². The van der Waals surface area contributed by atoms with Crippen LogP contribution in [0.15, 0.2) is 18.5 Å². The van der Waals surface area contributed by atoms with Crippen LogP contribution in [0.4, 0.5) is 5.69 Å². The lowest BCUT2D eigenvalue weighted by molar-refractivity contribution is 0.103. The highest BCUT2D eigenvalue weighted by molar-refractivity contribution is 7.14. The van der Waals surface area contributed by atoms with Gasteiger partial charge < -0.3 is 11.1 Å². The first kappa shape index (κ1) is 18.0. The second kappa shape index (κ2) is 6.79. The molecule has 1 aliphatic carbocycles. The van der Waals surface area contributed by atoms with Crippen molar-refractivity contribution in [3.05, 3.63) is 33.8 Å². The molecule has 116 valence electrons. The minimum atomic E-state index is -0.0819. The van der Waals surface area contributed by atoms with Gasteiger partial charge in [0, 0.05) is 30.1 Å². The molecule has 2 aromatic rings. The van der Waals surface area contributed by atoms with E-state index in [1.807, 2.05) is 20.0 Å². The quantitative estimate of drug-likeness (QED) is 0.895. The molecule has 0 radical (unpaired) electrons. The average Bonchev–Trinajstić information content (AvgIpc) is 2.75. The van der Waals surface area contributed by atoms with Crippen LogP contribution in [0.1, 0.15) is 32.5 Å². The zero-order chi connectivity index (χ0) is 13.6. The summed E-state index contributed by atoms with van der Waals surface area (Å²) in [4.78, 5) is 14.1. The number of carbonyl (C=O) groups excluding carboxylic acids is 1. The van der Waals surface area contributed by atoms with Gasteiger partial charge in [-0.2, -0.15) is 5.10 Å². The van der Waals surface area contributed by atoms with Crippen molar-refractivity contribution in [2.24, 2.45) is 12.8 Å². The number of halogens is 2. The minimum Gasteiger partial charge on any atom is -0.327 e. The maximum Gasteiger partial charge on any atom is 0.265 e. The van der Waals surface area contributed by atoms with Crippen LogP contribution >= 0.6 is 36.2 Å². The summed E-state index contributed by atoms with van der Waals surface area (Å²) in [5.41, 5.74) is 7.81. The van der Waals surface area contributed by atoms with E-state index >= 15 is 0 Å². The topological polar surface area (TPSA) is 72.9 Å². The Labute approximate surface area is 139 Å². The molecule has 5 nitrogen and oxygen atoms in total. The van der Waals surface area contributed by atoms with Crippen molar-refractivity contribution in [2.45, 2.75) is 25.3 Å². The molecule has 0 aromatic carbocycles. The number of aromatic nitrogens is 2. The number of thiophene rings is 1. The molecule has 1 saturated carbocycles. The van der Waals surface area contributed by atoms with Gasteiger partial charge in [-0.3, -0.25) is 9.48 Å². The maximum atomic E-state index is 12.1. The molecule has 0 saturated heterocycles. The Hall–Kier alpha value is -1.08. The molecule has 1 fully saturated rings. The highest BCUT2D eigenvalue weighted by Gasteiger charge is 2.37. The standard InChI is InChI=1S/C13H16N4OS.2ClH/c1-7-9(10-3-11(10)14)4-12(19-7)13(18)16-8-5-15-17(2)6-8;;/h4-6,10-11H,3,14H2,1-2H3,(H,16,18);2*1H/t10-,11+;;/m0../s1. The smallest absolute Gasteiger partial charge is 0.265 e. The van der Waals surface area contributed by atoms with Crippen molar-refractivity contribution < 1.29 is 4.79 Å². The summed E-state index contributed by atoms with van der Waals surface area (Å²) < 4.78 is 1.66. The molecule has 1 amide bonds. The van der Waals surface area contributed by atoms with Gasteiger partial charge >= 0.3 is 0 Å². The van der Waals surface area contributed by atoms with Gasteiger partial charge in [-0.05, 0) is 25.0 Å². The van der Waals surface area contributed by atoms with Crippen LogP contribution in [-0.2, 0) is 7.05 Å². The molecule has 3 N–H and O–H groups in total. The number of nitrogens with one attached hydrogen (secondary N) is 1. The Balaban J connectivity index is 0.00000110. The third-order valence-electron chi connectivity index (χ3n) is 3.38. The number of carbonyl (C=O) groups is 1. The maximum absolute atomic E-state index is 12.1. The second-order valence-electron chi connectivity index (χ2n) is 4.99. The van der Waals surface area contributed by atoms with Crippen LogP contribution in [-0.4, -0.2) is 21.7 Å². The Morgan fingerprint density at radius 3 is 2.71 bits per heavy atom. The summed E-state index contributed by atoms with van der Waals surface area (Å²) >= 11 is 1.52. The van der Waals surface area contributed by atoms with Crippen LogP contribution in [0.5, 0.6) is 0 Å². The first-order chi connectivity index (χ1) is 9.04. The first-order valence-corrected chi connectivity index (χ1v) is 7.02. The van der Waals surface area contributed by atoms with Crippen LogP contribution in [0.25, 0.3) is 0 Å². The summed E-state index contributed by atoms with van der Waals surface area (Å²) in [6.07, 6.45) is 4.44. The molecule has 1 aliphatic rings. The largest absolute Gasteiger partial charge is 0.327 e. The molecule has 21 heavy (non-hydrogen) atoms. The van der Waals surface area contributed by atoms with Crippen molar-refractivity contribution in [2.75, 3.05) is 5.32 Å². The van der Waals surface area contributed by atoms with Crippen molar-refractivity contribution in [1.29, 1.82) is 0 Å². The van der Waals surface area contributed by atoms with E-state index in [9.17, 15) is 4.79 Å². The second-order valence-corrected chi connectivity index (χ2v) is 6.24. The minimum absolute atomic E-state index is 0. The molecule has 0 spiro atoms. The van der Waals surface area contributed by atoms with E-state index in [-0.39, 0.29) is 36.8 Å². The fourth-order valence-electron chi connectivity index (χ4n) is 2.23. The fourth-order valence-corrected chi connectivity index (χ4v) is 3.21. The van der Waals surface area contributed by atoms with Crippen molar-refractivity contribution in [1.82, 2.24) is 9.78 Å². The molecular formula is C13H18Cl2N4OS. The fraction of sp³-hybridized carbons (Fsp3) is 0.385. The van der Waals surface area contributed by atoms with Crippen LogP contribution in [0.2, 0.25) is 0 Å². The predicted molar refractivity (Wildman–Crippen MR) is 90.0 cm³/mol. The van der Waals surface area contributed by atoms with Crippen LogP contribution < -0.4 is 11.1 Å². The molecule has 2 heterocycles.